The molecule has 1 aliphatic heterocycles. The van der Waals surface area contributed by atoms with Gasteiger partial charge in [-0.15, -0.1) is 0 Å². The molecule has 22 heavy (non-hydrogen) atoms. The lowest BCUT2D eigenvalue weighted by Gasteiger charge is -2.31. The maximum Gasteiger partial charge on any atom is 0.244 e. The highest BCUT2D eigenvalue weighted by molar-refractivity contribution is 7.89. The third-order valence-corrected chi connectivity index (χ3v) is 5.40. The van der Waals surface area contributed by atoms with Crippen LogP contribution in [0.15, 0.2) is 48.0 Å². The monoisotopic (exact) mass is 320 g/mol. The fourth-order valence-electron chi connectivity index (χ4n) is 2.36. The van der Waals surface area contributed by atoms with Crippen LogP contribution in [0.3, 0.4) is 0 Å². The van der Waals surface area contributed by atoms with Crippen molar-refractivity contribution in [3.05, 3.63) is 43.1 Å². The Morgan fingerprint density at radius 2 is 1.95 bits per heavy atom. The zero-order valence-electron chi connectivity index (χ0n) is 11.9. The Morgan fingerprint density at radius 3 is 2.59 bits per heavy atom. The summed E-state index contributed by atoms with van der Waals surface area (Å²) in [5.74, 6) is 0.517. The van der Waals surface area contributed by atoms with Crippen molar-refractivity contribution in [3.63, 3.8) is 0 Å². The number of ether oxygens (including phenoxy) is 1. The third-order valence-electron chi connectivity index (χ3n) is 3.52. The van der Waals surface area contributed by atoms with Crippen LogP contribution in [-0.4, -0.2) is 46.9 Å². The Hall–Kier alpha value is -2.06. The van der Waals surface area contributed by atoms with Crippen LogP contribution in [0.4, 0.5) is 0 Å². The van der Waals surface area contributed by atoms with Crippen molar-refractivity contribution >= 4 is 10.0 Å². The van der Waals surface area contributed by atoms with E-state index in [4.69, 9.17) is 4.74 Å². The van der Waals surface area contributed by atoms with E-state index in [0.717, 1.165) is 0 Å². The third kappa shape index (κ3) is 3.23. The minimum atomic E-state index is -3.47. The number of hydrogen-bond donors (Lipinski definition) is 0. The van der Waals surface area contributed by atoms with Crippen LogP contribution < -0.4 is 4.74 Å². The van der Waals surface area contributed by atoms with E-state index >= 15 is 0 Å². The van der Waals surface area contributed by atoms with Gasteiger partial charge in [0.05, 0.1) is 0 Å². The van der Waals surface area contributed by atoms with E-state index in [1.165, 1.54) is 16.8 Å². The quantitative estimate of drug-likeness (QED) is 0.839. The Balaban J connectivity index is 1.62. The number of rotatable bonds is 4. The van der Waals surface area contributed by atoms with E-state index in [2.05, 4.69) is 15.0 Å². The molecule has 3 heterocycles. The molecule has 1 fully saturated rings. The molecule has 0 saturated carbocycles. The number of piperidine rings is 1. The molecule has 2 aromatic heterocycles. The first-order chi connectivity index (χ1) is 10.7. The minimum Gasteiger partial charge on any atom is -0.474 e. The summed E-state index contributed by atoms with van der Waals surface area (Å²) >= 11 is 0. The highest BCUT2D eigenvalue weighted by atomic mass is 32.2. The Bertz CT molecular complexity index is 701. The maximum absolute atomic E-state index is 12.5. The lowest BCUT2D eigenvalue weighted by atomic mass is 10.1. The summed E-state index contributed by atoms with van der Waals surface area (Å²) in [7, 11) is -3.47. The molecule has 0 N–H and O–H groups in total. The van der Waals surface area contributed by atoms with Crippen LogP contribution in [0.2, 0.25) is 0 Å². The van der Waals surface area contributed by atoms with Gasteiger partial charge in [0.15, 0.2) is 0 Å². The molecule has 0 aromatic carbocycles. The largest absolute Gasteiger partial charge is 0.474 e. The molecule has 1 aliphatic rings. The summed E-state index contributed by atoms with van der Waals surface area (Å²) in [5.41, 5.74) is 0. The first-order valence-corrected chi connectivity index (χ1v) is 8.43. The molecule has 3 rings (SSSR count). The zero-order valence-corrected chi connectivity index (χ0v) is 12.7. The highest BCUT2D eigenvalue weighted by Crippen LogP contribution is 2.22. The van der Waals surface area contributed by atoms with Crippen LogP contribution in [0.25, 0.3) is 0 Å². The topological polar surface area (TPSA) is 85.3 Å². The number of pyridine rings is 1. The normalized spacial score (nSPS) is 17.3. The van der Waals surface area contributed by atoms with Gasteiger partial charge in [-0.3, -0.25) is 4.98 Å². The van der Waals surface area contributed by atoms with Gasteiger partial charge in [0.2, 0.25) is 15.9 Å². The fourth-order valence-corrected chi connectivity index (χ4v) is 3.79. The van der Waals surface area contributed by atoms with E-state index in [-0.39, 0.29) is 11.0 Å². The first kappa shape index (κ1) is 14.9. The van der Waals surface area contributed by atoms with Crippen molar-refractivity contribution in [1.29, 1.82) is 0 Å². The minimum absolute atomic E-state index is 0.0322. The molecule has 7 nitrogen and oxygen atoms in total. The van der Waals surface area contributed by atoms with Crippen LogP contribution in [-0.2, 0) is 10.0 Å². The Labute approximate surface area is 129 Å². The smallest absolute Gasteiger partial charge is 0.244 e. The summed E-state index contributed by atoms with van der Waals surface area (Å²) in [5, 5.41) is 0. The molecule has 0 spiro atoms. The van der Waals surface area contributed by atoms with Crippen molar-refractivity contribution < 1.29 is 13.2 Å². The van der Waals surface area contributed by atoms with Crippen LogP contribution in [0.5, 0.6) is 5.88 Å². The van der Waals surface area contributed by atoms with Crippen molar-refractivity contribution in [2.75, 3.05) is 13.1 Å². The molecule has 0 aliphatic carbocycles. The summed E-state index contributed by atoms with van der Waals surface area (Å²) in [4.78, 5) is 11.9. The highest BCUT2D eigenvalue weighted by Gasteiger charge is 2.30. The average Bonchev–Trinajstić information content (AvgIpc) is 2.57. The van der Waals surface area contributed by atoms with Crippen LogP contribution in [0.1, 0.15) is 12.8 Å². The van der Waals surface area contributed by atoms with Gasteiger partial charge in [-0.2, -0.15) is 4.31 Å². The van der Waals surface area contributed by atoms with E-state index in [1.807, 2.05) is 0 Å². The second kappa shape index (κ2) is 6.37. The number of hydrogen-bond acceptors (Lipinski definition) is 6. The SMILES string of the molecule is O=S(=O)(c1cccnc1)N1CCC(Oc2ccncn2)CC1. The summed E-state index contributed by atoms with van der Waals surface area (Å²) in [6.45, 7) is 0.847. The Morgan fingerprint density at radius 1 is 1.14 bits per heavy atom. The Kier molecular flexibility index (Phi) is 4.30. The molecule has 0 radical (unpaired) electrons. The standard InChI is InChI=1S/C14H16N4O3S/c19-22(20,13-2-1-6-15-10-13)18-8-4-12(5-9-18)21-14-3-7-16-11-17-14/h1-3,6-7,10-12H,4-5,8-9H2. The zero-order chi connectivity index (χ0) is 15.4. The van der Waals surface area contributed by atoms with Gasteiger partial charge in [-0.25, -0.2) is 18.4 Å². The van der Waals surface area contributed by atoms with Gasteiger partial charge in [0, 0.05) is 37.7 Å². The van der Waals surface area contributed by atoms with Crippen molar-refractivity contribution in [2.45, 2.75) is 23.8 Å². The van der Waals surface area contributed by atoms with E-state index in [9.17, 15) is 8.42 Å². The maximum atomic E-state index is 12.5. The molecule has 1 saturated heterocycles. The van der Waals surface area contributed by atoms with Gasteiger partial charge >= 0.3 is 0 Å². The van der Waals surface area contributed by atoms with Gasteiger partial charge in [0.1, 0.15) is 17.3 Å². The molecular weight excluding hydrogens is 304 g/mol. The molecule has 0 bridgehead atoms. The van der Waals surface area contributed by atoms with Gasteiger partial charge in [0.25, 0.3) is 0 Å². The van der Waals surface area contributed by atoms with Gasteiger partial charge < -0.3 is 4.74 Å². The molecule has 2 aromatic rings. The molecule has 8 heteroatoms. The van der Waals surface area contributed by atoms with E-state index in [0.29, 0.717) is 31.8 Å². The van der Waals surface area contributed by atoms with Crippen LogP contribution in [0, 0.1) is 0 Å². The van der Waals surface area contributed by atoms with E-state index in [1.54, 1.807) is 30.6 Å². The van der Waals surface area contributed by atoms with Crippen molar-refractivity contribution in [1.82, 2.24) is 19.3 Å². The molecule has 0 amide bonds. The lowest BCUT2D eigenvalue weighted by Crippen LogP contribution is -2.41. The number of aromatic nitrogens is 3. The summed E-state index contributed by atoms with van der Waals surface area (Å²) in [6.07, 6.45) is 7.20. The van der Waals surface area contributed by atoms with Gasteiger partial charge in [-0.05, 0) is 25.0 Å². The van der Waals surface area contributed by atoms with Crippen molar-refractivity contribution in [2.24, 2.45) is 0 Å². The van der Waals surface area contributed by atoms with Crippen molar-refractivity contribution in [3.8, 4) is 5.88 Å². The number of sulfonamides is 1. The molecule has 0 unspecified atom stereocenters. The molecule has 0 atom stereocenters. The second-order valence-electron chi connectivity index (χ2n) is 4.96. The average molecular weight is 320 g/mol. The predicted octanol–water partition coefficient (Wildman–Crippen LogP) is 1.10. The second-order valence-corrected chi connectivity index (χ2v) is 6.90. The van der Waals surface area contributed by atoms with Gasteiger partial charge in [-0.1, -0.05) is 0 Å². The fraction of sp³-hybridized carbons (Fsp3) is 0.357. The molecular formula is C14H16N4O3S. The summed E-state index contributed by atoms with van der Waals surface area (Å²) < 4.78 is 32.2. The predicted molar refractivity (Wildman–Crippen MR) is 78.7 cm³/mol. The molecule has 116 valence electrons. The summed E-state index contributed by atoms with van der Waals surface area (Å²) in [6, 6.07) is 4.88. The first-order valence-electron chi connectivity index (χ1n) is 6.99. The van der Waals surface area contributed by atoms with Crippen LogP contribution >= 0.6 is 0 Å². The van der Waals surface area contributed by atoms with E-state index < -0.39 is 10.0 Å². The number of nitrogens with zero attached hydrogens (tertiary/aromatic N) is 4. The lowest BCUT2D eigenvalue weighted by molar-refractivity contribution is 0.129.